The Morgan fingerprint density at radius 1 is 0.824 bits per heavy atom. The Hall–Kier alpha value is -0.0800. The predicted molar refractivity (Wildman–Crippen MR) is 72.0 cm³/mol. The van der Waals surface area contributed by atoms with E-state index in [4.69, 9.17) is 0 Å². The first-order chi connectivity index (χ1) is 8.22. The summed E-state index contributed by atoms with van der Waals surface area (Å²) in [5, 5.41) is 7.67. The summed E-state index contributed by atoms with van der Waals surface area (Å²) in [5.74, 6) is 2.93. The molecule has 4 aliphatic rings. The van der Waals surface area contributed by atoms with E-state index in [2.05, 4.69) is 24.5 Å². The van der Waals surface area contributed by atoms with E-state index in [0.29, 0.717) is 6.04 Å². The van der Waals surface area contributed by atoms with Crippen LogP contribution in [0.1, 0.15) is 52.4 Å². The highest BCUT2D eigenvalue weighted by molar-refractivity contribution is 4.94. The van der Waals surface area contributed by atoms with Gasteiger partial charge in [0.1, 0.15) is 0 Å². The number of nitrogens with one attached hydrogen (secondary N) is 2. The fourth-order valence-corrected chi connectivity index (χ4v) is 4.66. The largest absolute Gasteiger partial charge is 0.313 e. The third-order valence-electron chi connectivity index (χ3n) is 5.49. The number of rotatable bonds is 0. The van der Waals surface area contributed by atoms with Gasteiger partial charge in [0.25, 0.3) is 0 Å². The maximum absolute atomic E-state index is 3.90. The first-order valence-corrected chi connectivity index (χ1v) is 7.72. The van der Waals surface area contributed by atoms with E-state index in [0.717, 1.165) is 29.8 Å². The lowest BCUT2D eigenvalue weighted by Crippen LogP contribution is -2.50. The molecule has 98 valence electrons. The van der Waals surface area contributed by atoms with Crippen molar-refractivity contribution < 1.29 is 0 Å². The molecule has 0 spiro atoms. The van der Waals surface area contributed by atoms with Gasteiger partial charge in [-0.25, -0.2) is 0 Å². The van der Waals surface area contributed by atoms with Crippen LogP contribution in [0, 0.1) is 17.8 Å². The van der Waals surface area contributed by atoms with Crippen LogP contribution < -0.4 is 10.6 Å². The lowest BCUT2D eigenvalue weighted by molar-refractivity contribution is 0.122. The molecule has 4 rings (SSSR count). The summed E-state index contributed by atoms with van der Waals surface area (Å²) < 4.78 is 0. The molecule has 3 saturated heterocycles. The summed E-state index contributed by atoms with van der Waals surface area (Å²) in [6.45, 7) is 5.97. The normalized spacial score (nSPS) is 51.2. The van der Waals surface area contributed by atoms with Crippen molar-refractivity contribution in [2.75, 3.05) is 6.54 Å². The third-order valence-corrected chi connectivity index (χ3v) is 5.49. The molecule has 0 amide bonds. The van der Waals surface area contributed by atoms with Gasteiger partial charge in [0, 0.05) is 24.7 Å². The molecule has 2 heteroatoms. The van der Waals surface area contributed by atoms with Crippen molar-refractivity contribution >= 4 is 0 Å². The molecular formula is C15H28N2. The van der Waals surface area contributed by atoms with E-state index in [1.807, 2.05) is 0 Å². The molecule has 0 aromatic rings. The summed E-state index contributed by atoms with van der Waals surface area (Å²) in [4.78, 5) is 0. The van der Waals surface area contributed by atoms with Crippen molar-refractivity contribution in [2.24, 2.45) is 17.8 Å². The minimum atomic E-state index is 0.717. The molecule has 3 heterocycles. The first kappa shape index (κ1) is 12.0. The smallest absolute Gasteiger partial charge is 0.0223 e. The van der Waals surface area contributed by atoms with Gasteiger partial charge in [-0.3, -0.25) is 0 Å². The standard InChI is InChI=1S/C15H28N2/c1-10-6-14-7-11(2)17-15(9-16-10)13-5-3-4-12(14)8-13/h10-17H,3-9H2,1-2H3. The highest BCUT2D eigenvalue weighted by atomic mass is 15.0. The van der Waals surface area contributed by atoms with Crippen molar-refractivity contribution in [3.63, 3.8) is 0 Å². The molecule has 2 nitrogen and oxygen atoms in total. The molecule has 0 aromatic heterocycles. The van der Waals surface area contributed by atoms with E-state index < -0.39 is 0 Å². The van der Waals surface area contributed by atoms with Gasteiger partial charge in [-0.05, 0) is 57.3 Å². The van der Waals surface area contributed by atoms with Crippen molar-refractivity contribution in [1.29, 1.82) is 0 Å². The maximum atomic E-state index is 3.90. The van der Waals surface area contributed by atoms with Crippen molar-refractivity contribution in [1.82, 2.24) is 10.6 Å². The summed E-state index contributed by atoms with van der Waals surface area (Å²) in [7, 11) is 0. The quantitative estimate of drug-likeness (QED) is 0.675. The molecule has 4 bridgehead atoms. The van der Waals surface area contributed by atoms with Gasteiger partial charge in [0.2, 0.25) is 0 Å². The summed E-state index contributed by atoms with van der Waals surface area (Å²) >= 11 is 0. The lowest BCUT2D eigenvalue weighted by atomic mass is 9.69. The molecule has 2 N–H and O–H groups in total. The van der Waals surface area contributed by atoms with Gasteiger partial charge >= 0.3 is 0 Å². The van der Waals surface area contributed by atoms with E-state index in [1.165, 1.54) is 45.1 Å². The fraction of sp³-hybridized carbons (Fsp3) is 1.00. The average Bonchev–Trinajstić information content (AvgIpc) is 2.41. The number of hydrogen-bond acceptors (Lipinski definition) is 2. The Balaban J connectivity index is 1.87. The zero-order valence-electron chi connectivity index (χ0n) is 11.4. The van der Waals surface area contributed by atoms with Gasteiger partial charge in [-0.15, -0.1) is 0 Å². The Morgan fingerprint density at radius 3 is 2.47 bits per heavy atom. The van der Waals surface area contributed by atoms with Gasteiger partial charge < -0.3 is 10.6 Å². The van der Waals surface area contributed by atoms with Crippen LogP contribution in [0.5, 0.6) is 0 Å². The summed E-state index contributed by atoms with van der Waals surface area (Å²) in [5.41, 5.74) is 0. The minimum absolute atomic E-state index is 0.717. The molecule has 0 aromatic carbocycles. The Kier molecular flexibility index (Phi) is 3.45. The van der Waals surface area contributed by atoms with Crippen LogP contribution >= 0.6 is 0 Å². The maximum Gasteiger partial charge on any atom is 0.0223 e. The molecular weight excluding hydrogens is 208 g/mol. The van der Waals surface area contributed by atoms with E-state index >= 15 is 0 Å². The first-order valence-electron chi connectivity index (χ1n) is 7.72. The SMILES string of the molecule is CC1CC2CC(C)NC(CN1)C1CCCC2C1. The van der Waals surface area contributed by atoms with Crippen molar-refractivity contribution in [3.8, 4) is 0 Å². The second kappa shape index (κ2) is 4.89. The predicted octanol–water partition coefficient (Wildman–Crippen LogP) is 2.54. The zero-order valence-corrected chi connectivity index (χ0v) is 11.4. The molecule has 4 fully saturated rings. The van der Waals surface area contributed by atoms with Crippen LogP contribution in [0.25, 0.3) is 0 Å². The van der Waals surface area contributed by atoms with E-state index in [9.17, 15) is 0 Å². The molecule has 6 unspecified atom stereocenters. The van der Waals surface area contributed by atoms with Gasteiger partial charge in [0.05, 0.1) is 0 Å². The average molecular weight is 236 g/mol. The van der Waals surface area contributed by atoms with Crippen LogP contribution in [0.2, 0.25) is 0 Å². The highest BCUT2D eigenvalue weighted by Gasteiger charge is 2.37. The van der Waals surface area contributed by atoms with Crippen LogP contribution in [0.4, 0.5) is 0 Å². The van der Waals surface area contributed by atoms with Crippen LogP contribution in [-0.2, 0) is 0 Å². The van der Waals surface area contributed by atoms with Crippen LogP contribution in [0.3, 0.4) is 0 Å². The second-order valence-electron chi connectivity index (χ2n) is 6.90. The molecule has 6 atom stereocenters. The molecule has 3 aliphatic heterocycles. The molecule has 17 heavy (non-hydrogen) atoms. The zero-order chi connectivity index (χ0) is 11.8. The molecule has 1 aliphatic carbocycles. The fourth-order valence-electron chi connectivity index (χ4n) is 4.66. The number of fused-ring (bicyclic) bond motifs is 5. The monoisotopic (exact) mass is 236 g/mol. The summed E-state index contributed by atoms with van der Waals surface area (Å²) in [6.07, 6.45) is 8.75. The minimum Gasteiger partial charge on any atom is -0.313 e. The van der Waals surface area contributed by atoms with Gasteiger partial charge in [0.15, 0.2) is 0 Å². The lowest BCUT2D eigenvalue weighted by Gasteiger charge is -2.42. The third kappa shape index (κ3) is 2.53. The molecule has 1 saturated carbocycles. The van der Waals surface area contributed by atoms with Gasteiger partial charge in [-0.1, -0.05) is 12.8 Å². The summed E-state index contributed by atoms with van der Waals surface area (Å²) in [6, 6.07) is 2.17. The van der Waals surface area contributed by atoms with Crippen molar-refractivity contribution in [3.05, 3.63) is 0 Å². The Bertz CT molecular complexity index is 264. The topological polar surface area (TPSA) is 24.1 Å². The van der Waals surface area contributed by atoms with Crippen molar-refractivity contribution in [2.45, 2.75) is 70.5 Å². The van der Waals surface area contributed by atoms with E-state index in [1.54, 1.807) is 0 Å². The van der Waals surface area contributed by atoms with Crippen LogP contribution in [-0.4, -0.2) is 24.7 Å². The highest BCUT2D eigenvalue weighted by Crippen LogP contribution is 2.41. The number of hydrogen-bond donors (Lipinski definition) is 2. The Labute approximate surface area is 106 Å². The van der Waals surface area contributed by atoms with E-state index in [-0.39, 0.29) is 0 Å². The second-order valence-corrected chi connectivity index (χ2v) is 6.90. The van der Waals surface area contributed by atoms with Gasteiger partial charge in [-0.2, -0.15) is 0 Å². The van der Waals surface area contributed by atoms with Crippen LogP contribution in [0.15, 0.2) is 0 Å². The Morgan fingerprint density at radius 2 is 1.59 bits per heavy atom. The molecule has 0 radical (unpaired) electrons.